The molecule has 5 nitrogen and oxygen atoms in total. The highest BCUT2D eigenvalue weighted by atomic mass is 16.4. The number of nitrogens with one attached hydrogen (secondary N) is 1. The van der Waals surface area contributed by atoms with Crippen molar-refractivity contribution >= 4 is 11.9 Å². The summed E-state index contributed by atoms with van der Waals surface area (Å²) in [7, 11) is 0. The van der Waals surface area contributed by atoms with Gasteiger partial charge in [-0.3, -0.25) is 14.5 Å². The van der Waals surface area contributed by atoms with E-state index in [2.05, 4.69) is 5.32 Å². The van der Waals surface area contributed by atoms with E-state index in [1.54, 1.807) is 0 Å². The highest BCUT2D eigenvalue weighted by Crippen LogP contribution is 2.06. The number of amides is 1. The summed E-state index contributed by atoms with van der Waals surface area (Å²) in [5.41, 5.74) is 0. The molecular weight excluding hydrogens is 184 g/mol. The minimum atomic E-state index is -0.791. The summed E-state index contributed by atoms with van der Waals surface area (Å²) in [5.74, 6) is -0.740. The summed E-state index contributed by atoms with van der Waals surface area (Å²) in [6, 6.07) is 0.000185. The molecule has 1 unspecified atom stereocenters. The van der Waals surface area contributed by atoms with Gasteiger partial charge in [0, 0.05) is 32.1 Å². The fourth-order valence-electron chi connectivity index (χ4n) is 1.61. The van der Waals surface area contributed by atoms with Gasteiger partial charge >= 0.3 is 5.97 Å². The van der Waals surface area contributed by atoms with Crippen molar-refractivity contribution in [1.82, 2.24) is 10.2 Å². The molecule has 14 heavy (non-hydrogen) atoms. The van der Waals surface area contributed by atoms with Crippen LogP contribution in [-0.4, -0.2) is 47.6 Å². The lowest BCUT2D eigenvalue weighted by Crippen LogP contribution is -2.37. The molecule has 1 rings (SSSR count). The Bertz CT molecular complexity index is 230. The monoisotopic (exact) mass is 200 g/mol. The molecule has 0 aromatic carbocycles. The molecule has 0 aromatic heterocycles. The van der Waals surface area contributed by atoms with Crippen molar-refractivity contribution in [2.75, 3.05) is 19.6 Å². The number of carboxylic acid groups (broad SMARTS) is 1. The second-order valence-electron chi connectivity index (χ2n) is 3.58. The van der Waals surface area contributed by atoms with E-state index in [4.69, 9.17) is 5.11 Å². The summed E-state index contributed by atoms with van der Waals surface area (Å²) in [6.45, 7) is 3.88. The second-order valence-corrected chi connectivity index (χ2v) is 3.58. The Balaban J connectivity index is 2.42. The molecule has 5 heteroatoms. The molecule has 1 aliphatic heterocycles. The van der Waals surface area contributed by atoms with Gasteiger partial charge in [0.2, 0.25) is 5.91 Å². The van der Waals surface area contributed by atoms with Crippen LogP contribution in [-0.2, 0) is 9.59 Å². The average Bonchev–Trinajstić information content (AvgIpc) is 2.28. The Morgan fingerprint density at radius 1 is 1.64 bits per heavy atom. The number of nitrogens with zero attached hydrogens (tertiary/aromatic N) is 1. The number of hydrogen-bond donors (Lipinski definition) is 2. The van der Waals surface area contributed by atoms with E-state index in [-0.39, 0.29) is 18.4 Å². The van der Waals surface area contributed by atoms with Crippen molar-refractivity contribution in [2.24, 2.45) is 0 Å². The van der Waals surface area contributed by atoms with Gasteiger partial charge in [0.1, 0.15) is 0 Å². The van der Waals surface area contributed by atoms with Crippen molar-refractivity contribution < 1.29 is 14.7 Å². The Labute approximate surface area is 83.1 Å². The van der Waals surface area contributed by atoms with E-state index in [0.29, 0.717) is 19.5 Å². The molecule has 1 amide bonds. The van der Waals surface area contributed by atoms with Crippen molar-refractivity contribution in [3.63, 3.8) is 0 Å². The molecule has 2 N–H and O–H groups in total. The first-order valence-corrected chi connectivity index (χ1v) is 4.82. The fraction of sp³-hybridized carbons (Fsp3) is 0.778. The number of carbonyl (C=O) groups excluding carboxylic acids is 1. The van der Waals surface area contributed by atoms with Gasteiger partial charge in [-0.25, -0.2) is 0 Å². The van der Waals surface area contributed by atoms with E-state index in [1.165, 1.54) is 0 Å². The summed E-state index contributed by atoms with van der Waals surface area (Å²) in [5, 5.41) is 11.4. The van der Waals surface area contributed by atoms with Crippen LogP contribution < -0.4 is 5.32 Å². The first-order chi connectivity index (χ1) is 6.59. The predicted octanol–water partition coefficient (Wildman–Crippen LogP) is -0.328. The zero-order valence-corrected chi connectivity index (χ0v) is 8.32. The van der Waals surface area contributed by atoms with Gasteiger partial charge in [-0.1, -0.05) is 0 Å². The second kappa shape index (κ2) is 4.95. The van der Waals surface area contributed by atoms with Gasteiger partial charge in [-0.05, 0) is 6.92 Å². The molecule has 1 fully saturated rings. The van der Waals surface area contributed by atoms with E-state index < -0.39 is 5.97 Å². The molecule has 0 bridgehead atoms. The first-order valence-electron chi connectivity index (χ1n) is 4.82. The maximum Gasteiger partial charge on any atom is 0.304 e. The fourth-order valence-corrected chi connectivity index (χ4v) is 1.61. The van der Waals surface area contributed by atoms with Crippen molar-refractivity contribution in [3.05, 3.63) is 0 Å². The van der Waals surface area contributed by atoms with Crippen molar-refractivity contribution in [2.45, 2.75) is 25.8 Å². The zero-order chi connectivity index (χ0) is 10.6. The molecule has 0 aliphatic carbocycles. The van der Waals surface area contributed by atoms with E-state index in [1.807, 2.05) is 11.8 Å². The van der Waals surface area contributed by atoms with Gasteiger partial charge in [-0.15, -0.1) is 0 Å². The van der Waals surface area contributed by atoms with Crippen LogP contribution >= 0.6 is 0 Å². The smallest absolute Gasteiger partial charge is 0.304 e. The van der Waals surface area contributed by atoms with Crippen LogP contribution in [0, 0.1) is 0 Å². The third-order valence-electron chi connectivity index (χ3n) is 2.44. The van der Waals surface area contributed by atoms with Crippen molar-refractivity contribution in [1.29, 1.82) is 0 Å². The number of carbonyl (C=O) groups is 2. The standard InChI is InChI=1S/C9H16N2O3/c1-7(6-9(13)14)11-4-2-8(12)10-3-5-11/h7H,2-6H2,1H3,(H,10,12)(H,13,14). The topological polar surface area (TPSA) is 69.6 Å². The average molecular weight is 200 g/mol. The Morgan fingerprint density at radius 2 is 2.36 bits per heavy atom. The Kier molecular flexibility index (Phi) is 3.88. The highest BCUT2D eigenvalue weighted by Gasteiger charge is 2.19. The Morgan fingerprint density at radius 3 is 3.00 bits per heavy atom. The third kappa shape index (κ3) is 3.33. The number of hydrogen-bond acceptors (Lipinski definition) is 3. The van der Waals surface area contributed by atoms with Gasteiger partial charge in [-0.2, -0.15) is 0 Å². The van der Waals surface area contributed by atoms with E-state index >= 15 is 0 Å². The van der Waals surface area contributed by atoms with Gasteiger partial charge in [0.15, 0.2) is 0 Å². The molecule has 1 atom stereocenters. The maximum absolute atomic E-state index is 11.0. The summed E-state index contributed by atoms with van der Waals surface area (Å²) in [4.78, 5) is 23.5. The molecule has 80 valence electrons. The van der Waals surface area contributed by atoms with Crippen LogP contribution in [0.3, 0.4) is 0 Å². The molecule has 0 spiro atoms. The minimum Gasteiger partial charge on any atom is -0.481 e. The van der Waals surface area contributed by atoms with Crippen LogP contribution in [0.25, 0.3) is 0 Å². The van der Waals surface area contributed by atoms with Gasteiger partial charge < -0.3 is 10.4 Å². The summed E-state index contributed by atoms with van der Waals surface area (Å²) >= 11 is 0. The largest absolute Gasteiger partial charge is 0.481 e. The maximum atomic E-state index is 11.0. The number of carboxylic acids is 1. The molecular formula is C9H16N2O3. The van der Waals surface area contributed by atoms with E-state index in [0.717, 1.165) is 6.54 Å². The van der Waals surface area contributed by atoms with Crippen LogP contribution in [0.2, 0.25) is 0 Å². The van der Waals surface area contributed by atoms with E-state index in [9.17, 15) is 9.59 Å². The number of rotatable bonds is 3. The molecule has 1 heterocycles. The molecule has 0 radical (unpaired) electrons. The van der Waals surface area contributed by atoms with Crippen LogP contribution in [0.15, 0.2) is 0 Å². The van der Waals surface area contributed by atoms with Crippen LogP contribution in [0.4, 0.5) is 0 Å². The summed E-state index contributed by atoms with van der Waals surface area (Å²) < 4.78 is 0. The predicted molar refractivity (Wildman–Crippen MR) is 50.9 cm³/mol. The van der Waals surface area contributed by atoms with Gasteiger partial charge in [0.25, 0.3) is 0 Å². The molecule has 1 saturated heterocycles. The lowest BCUT2D eigenvalue weighted by atomic mass is 10.2. The van der Waals surface area contributed by atoms with Crippen molar-refractivity contribution in [3.8, 4) is 0 Å². The molecule has 0 aromatic rings. The third-order valence-corrected chi connectivity index (χ3v) is 2.44. The lowest BCUT2D eigenvalue weighted by Gasteiger charge is -2.25. The zero-order valence-electron chi connectivity index (χ0n) is 8.32. The minimum absolute atomic E-state index is 0.000185. The quantitative estimate of drug-likeness (QED) is 0.654. The summed E-state index contributed by atoms with van der Waals surface area (Å²) in [6.07, 6.45) is 0.595. The number of aliphatic carboxylic acids is 1. The lowest BCUT2D eigenvalue weighted by molar-refractivity contribution is -0.138. The highest BCUT2D eigenvalue weighted by molar-refractivity contribution is 5.76. The normalized spacial score (nSPS) is 21.1. The van der Waals surface area contributed by atoms with Crippen LogP contribution in [0.5, 0.6) is 0 Å². The van der Waals surface area contributed by atoms with Crippen LogP contribution in [0.1, 0.15) is 19.8 Å². The van der Waals surface area contributed by atoms with Gasteiger partial charge in [0.05, 0.1) is 6.42 Å². The molecule has 0 saturated carbocycles. The Hall–Kier alpha value is -1.10. The SMILES string of the molecule is CC(CC(=O)O)N1CCNC(=O)CC1. The first kappa shape index (κ1) is 11.0. The molecule has 1 aliphatic rings.